The van der Waals surface area contributed by atoms with Crippen LogP contribution in [0.4, 0.5) is 0 Å². The molecule has 0 amide bonds. The van der Waals surface area contributed by atoms with Crippen molar-refractivity contribution < 1.29 is 9.94 Å². The standard InChI is InChI=1S/C12H18N4O2/c13-12(15-17)11-10(3-1-4-14-11)9-16-5-2-7-18-8-6-16/h1,3-4,17H,2,5-9H2,(H2,13,15). The van der Waals surface area contributed by atoms with Gasteiger partial charge in [-0.05, 0) is 18.1 Å². The molecule has 1 aromatic rings. The Balaban J connectivity index is 2.12. The molecule has 6 heteroatoms. The van der Waals surface area contributed by atoms with Gasteiger partial charge in [0.25, 0.3) is 0 Å². The predicted molar refractivity (Wildman–Crippen MR) is 67.5 cm³/mol. The molecule has 3 N–H and O–H groups in total. The normalized spacial score (nSPS) is 18.6. The summed E-state index contributed by atoms with van der Waals surface area (Å²) >= 11 is 0. The number of nitrogens with zero attached hydrogens (tertiary/aromatic N) is 3. The number of hydrogen-bond donors (Lipinski definition) is 2. The largest absolute Gasteiger partial charge is 0.409 e. The van der Waals surface area contributed by atoms with Crippen LogP contribution in [0.3, 0.4) is 0 Å². The van der Waals surface area contributed by atoms with Gasteiger partial charge in [-0.1, -0.05) is 11.2 Å². The highest BCUT2D eigenvalue weighted by Gasteiger charge is 2.14. The van der Waals surface area contributed by atoms with E-state index in [0.29, 0.717) is 5.69 Å². The Hall–Kier alpha value is -1.66. The Morgan fingerprint density at radius 2 is 2.39 bits per heavy atom. The van der Waals surface area contributed by atoms with E-state index in [1.54, 1.807) is 6.20 Å². The number of aromatic nitrogens is 1. The maximum atomic E-state index is 8.75. The maximum absolute atomic E-state index is 8.75. The molecule has 0 aliphatic carbocycles. The maximum Gasteiger partial charge on any atom is 0.189 e. The minimum Gasteiger partial charge on any atom is -0.409 e. The Bertz CT molecular complexity index is 414. The smallest absolute Gasteiger partial charge is 0.189 e. The fourth-order valence-corrected chi connectivity index (χ4v) is 2.04. The predicted octanol–water partition coefficient (Wildman–Crippen LogP) is 0.398. The minimum absolute atomic E-state index is 0.0525. The van der Waals surface area contributed by atoms with Gasteiger partial charge in [0, 0.05) is 32.4 Å². The second-order valence-corrected chi connectivity index (χ2v) is 4.24. The van der Waals surface area contributed by atoms with Crippen LogP contribution in [0.15, 0.2) is 23.5 Å². The van der Waals surface area contributed by atoms with Crippen molar-refractivity contribution in [3.8, 4) is 0 Å². The molecule has 1 aliphatic rings. The average Bonchev–Trinajstić information content (AvgIpc) is 2.67. The summed E-state index contributed by atoms with van der Waals surface area (Å²) in [6.07, 6.45) is 2.67. The molecule has 2 rings (SSSR count). The van der Waals surface area contributed by atoms with Crippen molar-refractivity contribution in [1.82, 2.24) is 9.88 Å². The van der Waals surface area contributed by atoms with Crippen LogP contribution >= 0.6 is 0 Å². The first-order valence-electron chi connectivity index (χ1n) is 6.03. The molecule has 0 aromatic carbocycles. The van der Waals surface area contributed by atoms with Crippen LogP contribution in [0.5, 0.6) is 0 Å². The van der Waals surface area contributed by atoms with Crippen LogP contribution in [-0.2, 0) is 11.3 Å². The summed E-state index contributed by atoms with van der Waals surface area (Å²) in [5.74, 6) is 0.0525. The first kappa shape index (κ1) is 12.8. The van der Waals surface area contributed by atoms with Gasteiger partial charge in [-0.25, -0.2) is 0 Å². The average molecular weight is 250 g/mol. The molecule has 2 heterocycles. The number of ether oxygens (including phenoxy) is 1. The Morgan fingerprint density at radius 3 is 3.22 bits per heavy atom. The van der Waals surface area contributed by atoms with Crippen LogP contribution in [-0.4, -0.2) is 47.2 Å². The number of oxime groups is 1. The highest BCUT2D eigenvalue weighted by Crippen LogP contribution is 2.11. The van der Waals surface area contributed by atoms with E-state index in [0.717, 1.165) is 44.8 Å². The van der Waals surface area contributed by atoms with Crippen LogP contribution in [0.2, 0.25) is 0 Å². The van der Waals surface area contributed by atoms with Crippen LogP contribution in [0, 0.1) is 0 Å². The van der Waals surface area contributed by atoms with Gasteiger partial charge in [0.15, 0.2) is 5.84 Å². The van der Waals surface area contributed by atoms with Crippen LogP contribution in [0.25, 0.3) is 0 Å². The molecule has 1 aliphatic heterocycles. The van der Waals surface area contributed by atoms with Gasteiger partial charge in [0.2, 0.25) is 0 Å². The molecular weight excluding hydrogens is 232 g/mol. The molecule has 0 saturated carbocycles. The number of hydrogen-bond acceptors (Lipinski definition) is 5. The molecule has 1 fully saturated rings. The molecule has 1 aromatic heterocycles. The van der Waals surface area contributed by atoms with Gasteiger partial charge in [0.1, 0.15) is 5.69 Å². The van der Waals surface area contributed by atoms with Crippen molar-refractivity contribution in [2.45, 2.75) is 13.0 Å². The van der Waals surface area contributed by atoms with E-state index >= 15 is 0 Å². The number of amidine groups is 1. The SMILES string of the molecule is N/C(=N/O)c1ncccc1CN1CCCOCC1. The fourth-order valence-electron chi connectivity index (χ4n) is 2.04. The lowest BCUT2D eigenvalue weighted by molar-refractivity contribution is 0.140. The van der Waals surface area contributed by atoms with Gasteiger partial charge >= 0.3 is 0 Å². The number of nitrogens with two attached hydrogens (primary N) is 1. The Kier molecular flexibility index (Phi) is 4.49. The summed E-state index contributed by atoms with van der Waals surface area (Å²) in [6.45, 7) is 4.19. The van der Waals surface area contributed by atoms with E-state index in [9.17, 15) is 0 Å². The van der Waals surface area contributed by atoms with E-state index in [1.165, 1.54) is 0 Å². The second-order valence-electron chi connectivity index (χ2n) is 4.24. The third-order valence-corrected chi connectivity index (χ3v) is 2.95. The zero-order valence-corrected chi connectivity index (χ0v) is 10.2. The molecule has 0 atom stereocenters. The first-order chi connectivity index (χ1) is 8.81. The van der Waals surface area contributed by atoms with Crippen molar-refractivity contribution in [3.05, 3.63) is 29.6 Å². The lowest BCUT2D eigenvalue weighted by Crippen LogP contribution is -2.28. The minimum atomic E-state index is 0.0525. The van der Waals surface area contributed by atoms with E-state index < -0.39 is 0 Å². The molecular formula is C12H18N4O2. The third kappa shape index (κ3) is 3.18. The summed E-state index contributed by atoms with van der Waals surface area (Å²) < 4.78 is 5.42. The Labute approximate surface area is 106 Å². The molecule has 18 heavy (non-hydrogen) atoms. The van der Waals surface area contributed by atoms with Crippen molar-refractivity contribution in [2.75, 3.05) is 26.3 Å². The molecule has 0 radical (unpaired) electrons. The summed E-state index contributed by atoms with van der Waals surface area (Å²) in [6, 6.07) is 3.81. The van der Waals surface area contributed by atoms with Crippen molar-refractivity contribution >= 4 is 5.84 Å². The van der Waals surface area contributed by atoms with Crippen molar-refractivity contribution in [1.29, 1.82) is 0 Å². The van der Waals surface area contributed by atoms with Gasteiger partial charge in [-0.2, -0.15) is 0 Å². The van der Waals surface area contributed by atoms with Gasteiger partial charge in [0.05, 0.1) is 6.61 Å². The summed E-state index contributed by atoms with van der Waals surface area (Å²) in [7, 11) is 0. The second kappa shape index (κ2) is 6.32. The molecule has 98 valence electrons. The lowest BCUT2D eigenvalue weighted by atomic mass is 10.1. The fraction of sp³-hybridized carbons (Fsp3) is 0.500. The highest BCUT2D eigenvalue weighted by molar-refractivity contribution is 5.96. The monoisotopic (exact) mass is 250 g/mol. The summed E-state index contributed by atoms with van der Waals surface area (Å²) in [4.78, 5) is 6.45. The van der Waals surface area contributed by atoms with E-state index in [1.807, 2.05) is 12.1 Å². The van der Waals surface area contributed by atoms with Crippen molar-refractivity contribution in [2.24, 2.45) is 10.9 Å². The van der Waals surface area contributed by atoms with Gasteiger partial charge in [-0.3, -0.25) is 9.88 Å². The summed E-state index contributed by atoms with van der Waals surface area (Å²) in [5, 5.41) is 11.8. The molecule has 0 unspecified atom stereocenters. The van der Waals surface area contributed by atoms with Gasteiger partial charge in [-0.15, -0.1) is 0 Å². The highest BCUT2D eigenvalue weighted by atomic mass is 16.5. The molecule has 1 saturated heterocycles. The van der Waals surface area contributed by atoms with Crippen molar-refractivity contribution in [3.63, 3.8) is 0 Å². The number of rotatable bonds is 3. The molecule has 0 spiro atoms. The first-order valence-corrected chi connectivity index (χ1v) is 6.03. The quantitative estimate of drug-likeness (QED) is 0.351. The van der Waals surface area contributed by atoms with E-state index in [2.05, 4.69) is 15.0 Å². The zero-order valence-electron chi connectivity index (χ0n) is 10.2. The van der Waals surface area contributed by atoms with E-state index in [4.69, 9.17) is 15.7 Å². The zero-order chi connectivity index (χ0) is 12.8. The van der Waals surface area contributed by atoms with Crippen LogP contribution in [0.1, 0.15) is 17.7 Å². The van der Waals surface area contributed by atoms with E-state index in [-0.39, 0.29) is 5.84 Å². The lowest BCUT2D eigenvalue weighted by Gasteiger charge is -2.20. The van der Waals surface area contributed by atoms with Crippen LogP contribution < -0.4 is 5.73 Å². The third-order valence-electron chi connectivity index (χ3n) is 2.95. The Morgan fingerprint density at radius 1 is 1.50 bits per heavy atom. The summed E-state index contributed by atoms with van der Waals surface area (Å²) in [5.41, 5.74) is 7.14. The number of pyridine rings is 1. The molecule has 0 bridgehead atoms. The molecule has 6 nitrogen and oxygen atoms in total. The topological polar surface area (TPSA) is 84.0 Å². The van der Waals surface area contributed by atoms with Gasteiger partial charge < -0.3 is 15.7 Å².